The van der Waals surface area contributed by atoms with E-state index in [-0.39, 0.29) is 18.7 Å². The molecule has 0 aliphatic carbocycles. The van der Waals surface area contributed by atoms with E-state index in [1.54, 1.807) is 18.2 Å². The molecule has 1 heterocycles. The van der Waals surface area contributed by atoms with Gasteiger partial charge in [-0.15, -0.1) is 0 Å². The van der Waals surface area contributed by atoms with Crippen LogP contribution in [-0.4, -0.2) is 30.4 Å². The first-order chi connectivity index (χ1) is 12.0. The van der Waals surface area contributed by atoms with Gasteiger partial charge in [0.05, 0.1) is 12.7 Å². The largest absolute Gasteiger partial charge is 0.459 e. The number of ether oxygens (including phenoxy) is 1. The average Bonchev–Trinajstić information content (AvgIpc) is 3.11. The van der Waals surface area contributed by atoms with Crippen molar-refractivity contribution in [1.82, 2.24) is 5.32 Å². The molecule has 2 aromatic rings. The van der Waals surface area contributed by atoms with Gasteiger partial charge in [-0.3, -0.25) is 14.4 Å². The highest BCUT2D eigenvalue weighted by atomic mass is 16.5. The smallest absolute Gasteiger partial charge is 0.308 e. The van der Waals surface area contributed by atoms with E-state index < -0.39 is 23.9 Å². The van der Waals surface area contributed by atoms with Crippen LogP contribution in [0.3, 0.4) is 0 Å². The number of rotatable bonds is 7. The Bertz CT molecular complexity index is 722. The number of hydrogen-bond donors (Lipinski definition) is 2. The van der Waals surface area contributed by atoms with E-state index in [1.165, 1.54) is 19.3 Å². The van der Waals surface area contributed by atoms with Crippen LogP contribution in [0.2, 0.25) is 0 Å². The molecule has 25 heavy (non-hydrogen) atoms. The normalized spacial score (nSPS) is 11.4. The molecule has 0 unspecified atom stereocenters. The van der Waals surface area contributed by atoms with Crippen LogP contribution in [0, 0.1) is 6.92 Å². The van der Waals surface area contributed by atoms with Crippen molar-refractivity contribution in [1.29, 1.82) is 0 Å². The summed E-state index contributed by atoms with van der Waals surface area (Å²) in [6.45, 7) is 3.52. The fourth-order valence-electron chi connectivity index (χ4n) is 1.96. The summed E-state index contributed by atoms with van der Waals surface area (Å²) in [4.78, 5) is 35.4. The molecule has 0 aliphatic rings. The van der Waals surface area contributed by atoms with Crippen molar-refractivity contribution in [3.63, 3.8) is 0 Å². The number of carbonyl (C=O) groups excluding carboxylic acids is 3. The van der Waals surface area contributed by atoms with E-state index >= 15 is 0 Å². The van der Waals surface area contributed by atoms with E-state index in [4.69, 9.17) is 9.15 Å². The fourth-order valence-corrected chi connectivity index (χ4v) is 1.96. The van der Waals surface area contributed by atoms with Crippen LogP contribution in [0.25, 0.3) is 0 Å². The minimum atomic E-state index is -0.936. The number of carbonyl (C=O) groups is 3. The van der Waals surface area contributed by atoms with Crippen LogP contribution in [0.5, 0.6) is 0 Å². The van der Waals surface area contributed by atoms with Crippen LogP contribution in [0.15, 0.2) is 47.1 Å². The lowest BCUT2D eigenvalue weighted by Gasteiger charge is -2.13. The summed E-state index contributed by atoms with van der Waals surface area (Å²) in [5, 5.41) is 5.20. The van der Waals surface area contributed by atoms with Gasteiger partial charge in [0.1, 0.15) is 0 Å². The highest BCUT2D eigenvalue weighted by molar-refractivity contribution is 5.95. The first kappa shape index (κ1) is 18.3. The van der Waals surface area contributed by atoms with Gasteiger partial charge >= 0.3 is 5.97 Å². The topological polar surface area (TPSA) is 97.6 Å². The lowest BCUT2D eigenvalue weighted by atomic mass is 10.2. The number of nitrogens with one attached hydrogen (secondary N) is 2. The van der Waals surface area contributed by atoms with Crippen molar-refractivity contribution < 1.29 is 23.5 Å². The Morgan fingerprint density at radius 1 is 1.16 bits per heavy atom. The van der Waals surface area contributed by atoms with Crippen molar-refractivity contribution in [2.24, 2.45) is 0 Å². The first-order valence-corrected chi connectivity index (χ1v) is 7.84. The van der Waals surface area contributed by atoms with Crippen molar-refractivity contribution >= 4 is 23.5 Å². The highest BCUT2D eigenvalue weighted by Crippen LogP contribution is 2.09. The maximum Gasteiger partial charge on any atom is 0.308 e. The Morgan fingerprint density at radius 2 is 1.88 bits per heavy atom. The predicted molar refractivity (Wildman–Crippen MR) is 91.0 cm³/mol. The Kier molecular flexibility index (Phi) is 6.33. The summed E-state index contributed by atoms with van der Waals surface area (Å²) < 4.78 is 9.99. The van der Waals surface area contributed by atoms with Crippen LogP contribution in [0.4, 0.5) is 5.69 Å². The zero-order valence-electron chi connectivity index (χ0n) is 14.1. The van der Waals surface area contributed by atoms with Crippen LogP contribution in [0.1, 0.15) is 29.5 Å². The lowest BCUT2D eigenvalue weighted by Crippen LogP contribution is -2.32. The van der Waals surface area contributed by atoms with Gasteiger partial charge in [0.15, 0.2) is 11.9 Å². The molecule has 7 nitrogen and oxygen atoms in total. The van der Waals surface area contributed by atoms with Crippen LogP contribution < -0.4 is 10.6 Å². The molecule has 7 heteroatoms. The molecule has 2 N–H and O–H groups in total. The van der Waals surface area contributed by atoms with Gasteiger partial charge in [0.2, 0.25) is 0 Å². The van der Waals surface area contributed by atoms with E-state index in [0.717, 1.165) is 5.56 Å². The SMILES string of the molecule is Cc1ccc(NC(=O)[C@@H](C)OC(=O)CCNC(=O)c2ccco2)cc1. The number of furan rings is 1. The van der Waals surface area contributed by atoms with Gasteiger partial charge in [-0.25, -0.2) is 0 Å². The van der Waals surface area contributed by atoms with E-state index in [9.17, 15) is 14.4 Å². The Labute approximate surface area is 145 Å². The summed E-state index contributed by atoms with van der Waals surface area (Å²) >= 11 is 0. The standard InChI is InChI=1S/C18H20N2O5/c1-12-5-7-14(8-6-12)20-17(22)13(2)25-16(21)9-10-19-18(23)15-4-3-11-24-15/h3-8,11,13H,9-10H2,1-2H3,(H,19,23)(H,20,22)/t13-/m1/s1. The second-order valence-electron chi connectivity index (χ2n) is 5.47. The molecule has 0 fully saturated rings. The molecule has 1 aromatic heterocycles. The molecule has 0 saturated heterocycles. The number of anilines is 1. The Morgan fingerprint density at radius 3 is 2.52 bits per heavy atom. The molecule has 0 spiro atoms. The summed E-state index contributed by atoms with van der Waals surface area (Å²) in [5.74, 6) is -1.25. The van der Waals surface area contributed by atoms with Crippen molar-refractivity contribution in [3.05, 3.63) is 54.0 Å². The van der Waals surface area contributed by atoms with Gasteiger partial charge in [0, 0.05) is 12.2 Å². The molecule has 1 aromatic carbocycles. The lowest BCUT2D eigenvalue weighted by molar-refractivity contribution is -0.153. The zero-order valence-corrected chi connectivity index (χ0v) is 14.1. The maximum absolute atomic E-state index is 12.0. The fraction of sp³-hybridized carbons (Fsp3) is 0.278. The van der Waals surface area contributed by atoms with E-state index in [0.29, 0.717) is 5.69 Å². The average molecular weight is 344 g/mol. The van der Waals surface area contributed by atoms with Gasteiger partial charge in [-0.05, 0) is 38.1 Å². The molecule has 132 valence electrons. The van der Waals surface area contributed by atoms with Gasteiger partial charge < -0.3 is 19.8 Å². The molecule has 0 bridgehead atoms. The van der Waals surface area contributed by atoms with Gasteiger partial charge in [0.25, 0.3) is 11.8 Å². The number of aryl methyl sites for hydroxylation is 1. The van der Waals surface area contributed by atoms with Crippen molar-refractivity contribution in [2.45, 2.75) is 26.4 Å². The van der Waals surface area contributed by atoms with Crippen LogP contribution in [-0.2, 0) is 14.3 Å². The minimum absolute atomic E-state index is 0.0470. The summed E-state index contributed by atoms with van der Waals surface area (Å²) in [6, 6.07) is 10.4. The Hall–Kier alpha value is -3.09. The molecule has 1 atom stereocenters. The molecule has 2 rings (SSSR count). The summed E-state index contributed by atoms with van der Waals surface area (Å²) in [6.07, 6.45) is 0.404. The van der Waals surface area contributed by atoms with Crippen molar-refractivity contribution in [3.8, 4) is 0 Å². The number of amides is 2. The second kappa shape index (κ2) is 8.68. The minimum Gasteiger partial charge on any atom is -0.459 e. The summed E-state index contributed by atoms with van der Waals surface area (Å²) in [7, 11) is 0. The molecular formula is C18H20N2O5. The molecule has 0 aliphatic heterocycles. The molecule has 2 amide bonds. The van der Waals surface area contributed by atoms with E-state index in [1.807, 2.05) is 19.1 Å². The third-order valence-electron chi connectivity index (χ3n) is 3.36. The van der Waals surface area contributed by atoms with Gasteiger partial charge in [-0.2, -0.15) is 0 Å². The number of hydrogen-bond acceptors (Lipinski definition) is 5. The van der Waals surface area contributed by atoms with E-state index in [2.05, 4.69) is 10.6 Å². The van der Waals surface area contributed by atoms with Crippen LogP contribution >= 0.6 is 0 Å². The Balaban J connectivity index is 1.71. The quantitative estimate of drug-likeness (QED) is 0.751. The third-order valence-corrected chi connectivity index (χ3v) is 3.36. The second-order valence-corrected chi connectivity index (χ2v) is 5.47. The monoisotopic (exact) mass is 344 g/mol. The predicted octanol–water partition coefficient (Wildman–Crippen LogP) is 2.28. The number of esters is 1. The maximum atomic E-state index is 12.0. The zero-order chi connectivity index (χ0) is 18.2. The number of benzene rings is 1. The highest BCUT2D eigenvalue weighted by Gasteiger charge is 2.18. The third kappa shape index (κ3) is 5.80. The van der Waals surface area contributed by atoms with Crippen molar-refractivity contribution in [2.75, 3.05) is 11.9 Å². The molecule has 0 saturated carbocycles. The molecule has 0 radical (unpaired) electrons. The molecular weight excluding hydrogens is 324 g/mol. The van der Waals surface area contributed by atoms with Gasteiger partial charge in [-0.1, -0.05) is 17.7 Å². The first-order valence-electron chi connectivity index (χ1n) is 7.84. The summed E-state index contributed by atoms with van der Waals surface area (Å²) in [5.41, 5.74) is 1.71.